The van der Waals surface area contributed by atoms with E-state index in [2.05, 4.69) is 79.9 Å². The number of sulfonamides is 1. The molecule has 15 heteroatoms. The number of hydrogen-bond donors (Lipinski definition) is 2. The van der Waals surface area contributed by atoms with Gasteiger partial charge in [0.2, 0.25) is 0 Å². The van der Waals surface area contributed by atoms with Gasteiger partial charge in [-0.05, 0) is 90.1 Å². The standard InChI is InChI=1S/C48H61N7O7S/c1-35(2)39-8-4-5-9-40(39)45-34-52(33-36-12-14-37(61-3)15-13-36)26-27-54(45)46-18-19-48(46)20-23-53(24-21-48)43-11-7-6-10-41(43)47(56)50-63(59,60)38-16-17-42(44(32-38)55(57)58)49-22-25-51-28-30-62-31-29-51/h4-17,32,35,45-46,49H,18-31,33-34H2,1-3H3,(H,50,56). The molecule has 2 atom stereocenters. The van der Waals surface area contributed by atoms with Crippen LogP contribution in [0.25, 0.3) is 0 Å². The van der Waals surface area contributed by atoms with Crippen molar-refractivity contribution in [3.63, 3.8) is 0 Å². The summed E-state index contributed by atoms with van der Waals surface area (Å²) >= 11 is 0. The lowest BCUT2D eigenvalue weighted by atomic mass is 9.58. The summed E-state index contributed by atoms with van der Waals surface area (Å²) in [5.74, 6) is 0.495. The second-order valence-corrected chi connectivity index (χ2v) is 19.5. The number of piperazine rings is 1. The average molecular weight is 880 g/mol. The van der Waals surface area contributed by atoms with E-state index in [-0.39, 0.29) is 33.3 Å². The maximum Gasteiger partial charge on any atom is 0.293 e. The first-order valence-corrected chi connectivity index (χ1v) is 23.9. The van der Waals surface area contributed by atoms with Gasteiger partial charge in [0.15, 0.2) is 0 Å². The summed E-state index contributed by atoms with van der Waals surface area (Å²) < 4.78 is 40.3. The Kier molecular flexibility index (Phi) is 13.7. The number of anilines is 2. The predicted molar refractivity (Wildman–Crippen MR) is 245 cm³/mol. The molecule has 2 N–H and O–H groups in total. The van der Waals surface area contributed by atoms with Crippen molar-refractivity contribution in [2.24, 2.45) is 5.41 Å². The zero-order valence-corrected chi connectivity index (χ0v) is 37.5. The molecule has 3 heterocycles. The molecule has 1 saturated carbocycles. The van der Waals surface area contributed by atoms with Crippen molar-refractivity contribution < 1.29 is 27.6 Å². The number of rotatable bonds is 15. The molecule has 4 fully saturated rings. The molecule has 4 aliphatic rings. The second-order valence-electron chi connectivity index (χ2n) is 17.8. The number of carbonyl (C=O) groups excluding carboxylic acids is 1. The predicted octanol–water partition coefficient (Wildman–Crippen LogP) is 6.90. The molecular formula is C48H61N7O7S. The van der Waals surface area contributed by atoms with Crippen LogP contribution in [0.15, 0.2) is 95.9 Å². The first kappa shape index (κ1) is 44.5. The SMILES string of the molecule is COc1ccc(CN2CCN(C3CCC34CCN(c3ccccc3C(=O)NS(=O)(=O)c3ccc(NCCN5CCOCC5)c([N+](=O)[O-])c3)CC4)C(c3ccccc3C(C)C)C2)cc1. The van der Waals surface area contributed by atoms with Gasteiger partial charge >= 0.3 is 0 Å². The van der Waals surface area contributed by atoms with Crippen LogP contribution in [0.3, 0.4) is 0 Å². The summed E-state index contributed by atoms with van der Waals surface area (Å²) in [5.41, 5.74) is 5.01. The van der Waals surface area contributed by atoms with E-state index in [0.717, 1.165) is 89.9 Å². The number of ether oxygens (including phenoxy) is 2. The van der Waals surface area contributed by atoms with E-state index < -0.39 is 20.9 Å². The molecule has 0 radical (unpaired) electrons. The van der Waals surface area contributed by atoms with Crippen LogP contribution in [-0.4, -0.2) is 119 Å². The Hall–Kier alpha value is -5.06. The molecule has 1 amide bonds. The highest BCUT2D eigenvalue weighted by Gasteiger charge is 2.53. The van der Waals surface area contributed by atoms with Crippen molar-refractivity contribution in [3.05, 3.63) is 123 Å². The molecule has 336 valence electrons. The molecule has 2 unspecified atom stereocenters. The Bertz CT molecular complexity index is 2350. The van der Waals surface area contributed by atoms with Gasteiger partial charge < -0.3 is 19.7 Å². The maximum atomic E-state index is 13.9. The van der Waals surface area contributed by atoms with Gasteiger partial charge in [-0.25, -0.2) is 13.1 Å². The van der Waals surface area contributed by atoms with Crippen molar-refractivity contribution in [3.8, 4) is 5.75 Å². The number of nitrogens with one attached hydrogen (secondary N) is 2. The number of amides is 1. The molecule has 63 heavy (non-hydrogen) atoms. The van der Waals surface area contributed by atoms with Gasteiger partial charge in [-0.2, -0.15) is 0 Å². The van der Waals surface area contributed by atoms with Gasteiger partial charge in [0.1, 0.15) is 11.4 Å². The van der Waals surface area contributed by atoms with Crippen molar-refractivity contribution in [2.45, 2.75) is 69.0 Å². The lowest BCUT2D eigenvalue weighted by Gasteiger charge is -2.61. The lowest BCUT2D eigenvalue weighted by Crippen LogP contribution is -2.63. The van der Waals surface area contributed by atoms with Crippen molar-refractivity contribution in [1.82, 2.24) is 19.4 Å². The molecule has 8 rings (SSSR count). The van der Waals surface area contributed by atoms with E-state index in [4.69, 9.17) is 9.47 Å². The average Bonchev–Trinajstić information content (AvgIpc) is 3.29. The van der Waals surface area contributed by atoms with E-state index in [1.165, 1.54) is 28.8 Å². The summed E-state index contributed by atoms with van der Waals surface area (Å²) in [6.45, 7) is 13.8. The van der Waals surface area contributed by atoms with Crippen LogP contribution in [0.1, 0.15) is 78.5 Å². The molecule has 3 saturated heterocycles. The number of methoxy groups -OCH3 is 1. The third-order valence-corrected chi connectivity index (χ3v) is 15.2. The van der Waals surface area contributed by atoms with Gasteiger partial charge in [-0.15, -0.1) is 0 Å². The Balaban J connectivity index is 0.941. The van der Waals surface area contributed by atoms with Crippen LogP contribution in [0.4, 0.5) is 17.1 Å². The summed E-state index contributed by atoms with van der Waals surface area (Å²) in [6.07, 6.45) is 4.24. The monoisotopic (exact) mass is 879 g/mol. The number of benzene rings is 4. The summed E-state index contributed by atoms with van der Waals surface area (Å²) in [4.78, 5) is 34.8. The third-order valence-electron chi connectivity index (χ3n) is 13.9. The molecule has 3 aliphatic heterocycles. The topological polar surface area (TPSA) is 150 Å². The van der Waals surface area contributed by atoms with E-state index in [0.29, 0.717) is 44.0 Å². The van der Waals surface area contributed by atoms with Gasteiger partial charge in [0.25, 0.3) is 21.6 Å². The van der Waals surface area contributed by atoms with Gasteiger partial charge in [-0.1, -0.05) is 62.4 Å². The fourth-order valence-electron chi connectivity index (χ4n) is 10.3. The number of morpholine rings is 1. The lowest BCUT2D eigenvalue weighted by molar-refractivity contribution is -0.384. The minimum absolute atomic E-state index is 0.151. The Labute approximate surface area is 371 Å². The maximum absolute atomic E-state index is 13.9. The first-order valence-electron chi connectivity index (χ1n) is 22.4. The summed E-state index contributed by atoms with van der Waals surface area (Å²) in [7, 11) is -2.75. The number of piperidine rings is 1. The van der Waals surface area contributed by atoms with Crippen molar-refractivity contribution >= 4 is 33.0 Å². The van der Waals surface area contributed by atoms with Gasteiger partial charge in [0.05, 0.1) is 35.7 Å². The number of carbonyl (C=O) groups is 1. The summed E-state index contributed by atoms with van der Waals surface area (Å²) in [5, 5.41) is 15.1. The van der Waals surface area contributed by atoms with Crippen LogP contribution >= 0.6 is 0 Å². The highest BCUT2D eigenvalue weighted by atomic mass is 32.2. The Morgan fingerprint density at radius 1 is 0.905 bits per heavy atom. The highest BCUT2D eigenvalue weighted by molar-refractivity contribution is 7.90. The van der Waals surface area contributed by atoms with Gasteiger partial charge in [-0.3, -0.25) is 29.6 Å². The van der Waals surface area contributed by atoms with Crippen LogP contribution in [-0.2, 0) is 21.3 Å². The first-order chi connectivity index (χ1) is 30.4. The number of para-hydroxylation sites is 1. The van der Waals surface area contributed by atoms with E-state index >= 15 is 0 Å². The molecule has 0 bridgehead atoms. The molecule has 4 aromatic rings. The molecule has 1 aliphatic carbocycles. The van der Waals surface area contributed by atoms with Crippen LogP contribution in [0.5, 0.6) is 5.75 Å². The molecular weight excluding hydrogens is 819 g/mol. The van der Waals surface area contributed by atoms with Crippen LogP contribution < -0.4 is 19.7 Å². The number of nitrogens with zero attached hydrogens (tertiary/aromatic N) is 5. The fraction of sp³-hybridized carbons (Fsp3) is 0.479. The molecule has 14 nitrogen and oxygen atoms in total. The van der Waals surface area contributed by atoms with Crippen molar-refractivity contribution in [2.75, 3.05) is 89.4 Å². The van der Waals surface area contributed by atoms with Crippen molar-refractivity contribution in [1.29, 1.82) is 0 Å². The van der Waals surface area contributed by atoms with E-state index in [1.807, 2.05) is 24.3 Å². The minimum Gasteiger partial charge on any atom is -0.497 e. The normalized spacial score (nSPS) is 20.9. The Morgan fingerprint density at radius 3 is 2.33 bits per heavy atom. The largest absolute Gasteiger partial charge is 0.497 e. The second kappa shape index (κ2) is 19.4. The number of nitro benzene ring substituents is 1. The Morgan fingerprint density at radius 2 is 1.63 bits per heavy atom. The van der Waals surface area contributed by atoms with Crippen LogP contribution in [0, 0.1) is 15.5 Å². The highest BCUT2D eigenvalue weighted by Crippen LogP contribution is 2.54. The quantitative estimate of drug-likeness (QED) is 0.0946. The smallest absolute Gasteiger partial charge is 0.293 e. The third kappa shape index (κ3) is 9.87. The molecule has 0 aromatic heterocycles. The molecule has 4 aromatic carbocycles. The van der Waals surface area contributed by atoms with Crippen LogP contribution in [0.2, 0.25) is 0 Å². The van der Waals surface area contributed by atoms with Gasteiger partial charge in [0, 0.05) is 89.3 Å². The van der Waals surface area contributed by atoms with E-state index in [9.17, 15) is 23.3 Å². The zero-order chi connectivity index (χ0) is 44.1. The van der Waals surface area contributed by atoms with E-state index in [1.54, 1.807) is 19.2 Å². The molecule has 1 spiro atoms. The fourth-order valence-corrected chi connectivity index (χ4v) is 11.3. The zero-order valence-electron chi connectivity index (χ0n) is 36.7. The number of hydrogen-bond acceptors (Lipinski definition) is 12. The number of nitro groups is 1. The summed E-state index contributed by atoms with van der Waals surface area (Å²) in [6, 6.07) is 28.9. The minimum atomic E-state index is -4.45.